The van der Waals surface area contributed by atoms with Gasteiger partial charge in [-0.2, -0.15) is 0 Å². The minimum Gasteiger partial charge on any atom is -0.306 e. The molecule has 0 aromatic heterocycles. The third kappa shape index (κ3) is 3.60. The Bertz CT molecular complexity index is 561. The van der Waals surface area contributed by atoms with Gasteiger partial charge in [0.25, 0.3) is 0 Å². The zero-order valence-electron chi connectivity index (χ0n) is 10.8. The Balaban J connectivity index is 2.55. The van der Waals surface area contributed by atoms with Crippen LogP contribution in [0.3, 0.4) is 0 Å². The fourth-order valence-corrected chi connectivity index (χ4v) is 2.88. The zero-order chi connectivity index (χ0) is 14.7. The molecule has 0 spiro atoms. The Kier molecular flexibility index (Phi) is 5.59. The van der Waals surface area contributed by atoms with Gasteiger partial charge >= 0.3 is 0 Å². The number of halogens is 4. The second-order valence-electron chi connectivity index (χ2n) is 4.32. The third-order valence-corrected chi connectivity index (χ3v) is 4.10. The Hall–Kier alpha value is -0.440. The van der Waals surface area contributed by atoms with E-state index in [4.69, 9.17) is 46.4 Å². The molecule has 0 bridgehead atoms. The first kappa shape index (κ1) is 15.9. The highest BCUT2D eigenvalue weighted by molar-refractivity contribution is 6.34. The van der Waals surface area contributed by atoms with Gasteiger partial charge in [-0.25, -0.2) is 0 Å². The summed E-state index contributed by atoms with van der Waals surface area (Å²) >= 11 is 24.7. The summed E-state index contributed by atoms with van der Waals surface area (Å²) in [5.41, 5.74) is 1.76. The number of hydrogen-bond donors (Lipinski definition) is 1. The van der Waals surface area contributed by atoms with Crippen LogP contribution in [0.25, 0.3) is 0 Å². The molecule has 0 saturated heterocycles. The van der Waals surface area contributed by atoms with E-state index in [2.05, 4.69) is 5.32 Å². The van der Waals surface area contributed by atoms with Crippen LogP contribution in [0.2, 0.25) is 20.1 Å². The van der Waals surface area contributed by atoms with Crippen LogP contribution in [-0.4, -0.2) is 6.54 Å². The standard InChI is InChI=1S/C15H13Cl4N/c1-2-20-15(11-7-9(16)3-5-13(11)18)12-8-10(17)4-6-14(12)19/h3-8,15,20H,2H2,1H3. The lowest BCUT2D eigenvalue weighted by Gasteiger charge is -2.21. The number of rotatable bonds is 4. The van der Waals surface area contributed by atoms with Gasteiger partial charge in [0, 0.05) is 20.1 Å². The number of hydrogen-bond acceptors (Lipinski definition) is 1. The van der Waals surface area contributed by atoms with E-state index in [1.165, 1.54) is 0 Å². The maximum atomic E-state index is 6.29. The summed E-state index contributed by atoms with van der Waals surface area (Å²) in [5, 5.41) is 5.90. The highest BCUT2D eigenvalue weighted by atomic mass is 35.5. The highest BCUT2D eigenvalue weighted by Gasteiger charge is 2.19. The molecular weight excluding hydrogens is 336 g/mol. The Morgan fingerprint density at radius 2 is 1.30 bits per heavy atom. The first-order valence-electron chi connectivity index (χ1n) is 6.16. The normalized spacial score (nSPS) is 11.1. The van der Waals surface area contributed by atoms with Crippen LogP contribution in [0.5, 0.6) is 0 Å². The number of nitrogens with one attached hydrogen (secondary N) is 1. The molecule has 0 atom stereocenters. The molecule has 0 aliphatic rings. The second kappa shape index (κ2) is 7.02. The summed E-state index contributed by atoms with van der Waals surface area (Å²) in [6, 6.07) is 10.6. The van der Waals surface area contributed by atoms with Crippen LogP contribution in [0.1, 0.15) is 24.1 Å². The van der Waals surface area contributed by atoms with Crippen LogP contribution in [-0.2, 0) is 0 Å². The summed E-state index contributed by atoms with van der Waals surface area (Å²) in [6.07, 6.45) is 0. The quantitative estimate of drug-likeness (QED) is 0.714. The Labute approximate surface area is 138 Å². The molecule has 1 nitrogen and oxygen atoms in total. The summed E-state index contributed by atoms with van der Waals surface area (Å²) in [6.45, 7) is 2.78. The lowest BCUT2D eigenvalue weighted by Crippen LogP contribution is -2.22. The van der Waals surface area contributed by atoms with E-state index >= 15 is 0 Å². The van der Waals surface area contributed by atoms with Gasteiger partial charge in [0.2, 0.25) is 0 Å². The van der Waals surface area contributed by atoms with Crippen molar-refractivity contribution >= 4 is 46.4 Å². The van der Waals surface area contributed by atoms with Crippen LogP contribution < -0.4 is 5.32 Å². The van der Waals surface area contributed by atoms with E-state index in [9.17, 15) is 0 Å². The molecule has 20 heavy (non-hydrogen) atoms. The van der Waals surface area contributed by atoms with Gasteiger partial charge in [0.1, 0.15) is 0 Å². The van der Waals surface area contributed by atoms with Crippen molar-refractivity contribution in [1.82, 2.24) is 5.32 Å². The molecule has 0 unspecified atom stereocenters. The van der Waals surface area contributed by atoms with E-state index in [0.717, 1.165) is 17.7 Å². The molecule has 5 heteroatoms. The summed E-state index contributed by atoms with van der Waals surface area (Å²) in [7, 11) is 0. The smallest absolute Gasteiger partial charge is 0.0607 e. The molecule has 0 amide bonds. The predicted molar refractivity (Wildman–Crippen MR) is 88.4 cm³/mol. The molecule has 1 N–H and O–H groups in total. The average molecular weight is 349 g/mol. The Morgan fingerprint density at radius 3 is 1.70 bits per heavy atom. The molecule has 2 rings (SSSR count). The van der Waals surface area contributed by atoms with Gasteiger partial charge < -0.3 is 5.32 Å². The number of benzene rings is 2. The SMILES string of the molecule is CCNC(c1cc(Cl)ccc1Cl)c1cc(Cl)ccc1Cl. The van der Waals surface area contributed by atoms with E-state index in [1.54, 1.807) is 24.3 Å². The lowest BCUT2D eigenvalue weighted by atomic mass is 9.98. The summed E-state index contributed by atoms with van der Waals surface area (Å²) in [5.74, 6) is 0. The van der Waals surface area contributed by atoms with E-state index < -0.39 is 0 Å². The van der Waals surface area contributed by atoms with Gasteiger partial charge in [-0.3, -0.25) is 0 Å². The van der Waals surface area contributed by atoms with E-state index in [0.29, 0.717) is 20.1 Å². The van der Waals surface area contributed by atoms with Crippen molar-refractivity contribution in [1.29, 1.82) is 0 Å². The molecular formula is C15H13Cl4N. The maximum Gasteiger partial charge on any atom is 0.0607 e. The maximum absolute atomic E-state index is 6.29. The Morgan fingerprint density at radius 1 is 0.850 bits per heavy atom. The zero-order valence-corrected chi connectivity index (χ0v) is 13.8. The predicted octanol–water partition coefficient (Wildman–Crippen LogP) is 6.00. The van der Waals surface area contributed by atoms with Crippen LogP contribution >= 0.6 is 46.4 Å². The van der Waals surface area contributed by atoms with Crippen molar-refractivity contribution in [3.8, 4) is 0 Å². The van der Waals surface area contributed by atoms with Gasteiger partial charge in [0.15, 0.2) is 0 Å². The van der Waals surface area contributed by atoms with Gasteiger partial charge in [-0.1, -0.05) is 53.3 Å². The molecule has 0 aliphatic carbocycles. The fraction of sp³-hybridized carbons (Fsp3) is 0.200. The van der Waals surface area contributed by atoms with Crippen LogP contribution in [0.15, 0.2) is 36.4 Å². The van der Waals surface area contributed by atoms with Crippen molar-refractivity contribution in [3.63, 3.8) is 0 Å². The third-order valence-electron chi connectivity index (χ3n) is 2.95. The van der Waals surface area contributed by atoms with Crippen molar-refractivity contribution in [3.05, 3.63) is 67.6 Å². The largest absolute Gasteiger partial charge is 0.306 e. The van der Waals surface area contributed by atoms with Crippen LogP contribution in [0, 0.1) is 0 Å². The first-order chi connectivity index (χ1) is 9.52. The summed E-state index contributed by atoms with van der Waals surface area (Å²) in [4.78, 5) is 0. The minimum atomic E-state index is -0.155. The van der Waals surface area contributed by atoms with Crippen molar-refractivity contribution in [2.45, 2.75) is 13.0 Å². The van der Waals surface area contributed by atoms with Gasteiger partial charge in [-0.15, -0.1) is 0 Å². The van der Waals surface area contributed by atoms with Gasteiger partial charge in [0.05, 0.1) is 6.04 Å². The monoisotopic (exact) mass is 347 g/mol. The van der Waals surface area contributed by atoms with Crippen LogP contribution in [0.4, 0.5) is 0 Å². The highest BCUT2D eigenvalue weighted by Crippen LogP contribution is 2.35. The molecule has 0 heterocycles. The average Bonchev–Trinajstić information content (AvgIpc) is 2.42. The van der Waals surface area contributed by atoms with E-state index in [-0.39, 0.29) is 6.04 Å². The van der Waals surface area contributed by atoms with E-state index in [1.807, 2.05) is 19.1 Å². The molecule has 2 aromatic carbocycles. The lowest BCUT2D eigenvalue weighted by molar-refractivity contribution is 0.631. The fourth-order valence-electron chi connectivity index (χ4n) is 2.06. The molecule has 0 aliphatic heterocycles. The van der Waals surface area contributed by atoms with Crippen molar-refractivity contribution in [2.75, 3.05) is 6.54 Å². The molecule has 106 valence electrons. The van der Waals surface area contributed by atoms with Gasteiger partial charge in [-0.05, 0) is 54.1 Å². The topological polar surface area (TPSA) is 12.0 Å². The molecule has 0 saturated carbocycles. The minimum absolute atomic E-state index is 0.155. The summed E-state index contributed by atoms with van der Waals surface area (Å²) < 4.78 is 0. The second-order valence-corrected chi connectivity index (χ2v) is 6.01. The molecule has 2 aromatic rings. The first-order valence-corrected chi connectivity index (χ1v) is 7.67. The van der Waals surface area contributed by atoms with Crippen molar-refractivity contribution in [2.24, 2.45) is 0 Å². The van der Waals surface area contributed by atoms with Crippen molar-refractivity contribution < 1.29 is 0 Å². The molecule has 0 fully saturated rings. The molecule has 0 radical (unpaired) electrons.